The van der Waals surface area contributed by atoms with E-state index in [-0.39, 0.29) is 0 Å². The van der Waals surface area contributed by atoms with E-state index in [0.29, 0.717) is 12.2 Å². The molecular formula is C4H7BrO2S. The normalized spacial score (nSPS) is 13.2. The van der Waals surface area contributed by atoms with Gasteiger partial charge in [-0.2, -0.15) is 12.6 Å². The number of rotatable bonds is 3. The van der Waals surface area contributed by atoms with Crippen LogP contribution in [0.3, 0.4) is 0 Å². The Morgan fingerprint density at radius 1 is 1.88 bits per heavy atom. The van der Waals surface area contributed by atoms with Gasteiger partial charge in [0.1, 0.15) is 4.83 Å². The lowest BCUT2D eigenvalue weighted by Gasteiger charge is -1.97. The molecule has 2 nitrogen and oxygen atoms in total. The van der Waals surface area contributed by atoms with Crippen LogP contribution in [0.25, 0.3) is 0 Å². The van der Waals surface area contributed by atoms with Gasteiger partial charge in [-0.3, -0.25) is 4.79 Å². The smallest absolute Gasteiger partial charge is 0.317 e. The first-order valence-electron chi connectivity index (χ1n) is 2.16. The zero-order valence-corrected chi connectivity index (χ0v) is 6.65. The lowest BCUT2D eigenvalue weighted by molar-refractivity contribution is -0.136. The number of thiol groups is 1. The first-order chi connectivity index (χ1) is 3.68. The summed E-state index contributed by atoms with van der Waals surface area (Å²) in [5, 5.41) is 8.23. The van der Waals surface area contributed by atoms with E-state index >= 15 is 0 Å². The third-order valence-corrected chi connectivity index (χ3v) is 1.76. The van der Waals surface area contributed by atoms with Crippen molar-refractivity contribution in [3.8, 4) is 0 Å². The van der Waals surface area contributed by atoms with Crippen LogP contribution in [0.15, 0.2) is 0 Å². The quantitative estimate of drug-likeness (QED) is 0.528. The highest BCUT2D eigenvalue weighted by Gasteiger charge is 2.09. The number of carboxylic acid groups (broad SMARTS) is 1. The summed E-state index contributed by atoms with van der Waals surface area (Å²) in [6.07, 6.45) is 0.568. The molecule has 0 aliphatic heterocycles. The molecule has 1 unspecified atom stereocenters. The summed E-state index contributed by atoms with van der Waals surface area (Å²) in [6.45, 7) is 0. The van der Waals surface area contributed by atoms with Gasteiger partial charge in [-0.1, -0.05) is 15.9 Å². The Bertz CT molecular complexity index is 86.1. The molecule has 1 atom stereocenters. The Kier molecular flexibility index (Phi) is 4.36. The zero-order chi connectivity index (χ0) is 6.57. The summed E-state index contributed by atoms with van der Waals surface area (Å²) >= 11 is 6.82. The minimum absolute atomic E-state index is 0.431. The summed E-state index contributed by atoms with van der Waals surface area (Å²) in [5.41, 5.74) is 0. The third-order valence-electron chi connectivity index (χ3n) is 0.651. The van der Waals surface area contributed by atoms with E-state index in [4.69, 9.17) is 5.11 Å². The van der Waals surface area contributed by atoms with Crippen molar-refractivity contribution < 1.29 is 9.90 Å². The maximum atomic E-state index is 10.0. The molecule has 0 aromatic heterocycles. The first kappa shape index (κ1) is 8.30. The van der Waals surface area contributed by atoms with Gasteiger partial charge in [-0.25, -0.2) is 0 Å². The molecule has 0 fully saturated rings. The maximum Gasteiger partial charge on any atom is 0.317 e. The third kappa shape index (κ3) is 3.32. The van der Waals surface area contributed by atoms with Gasteiger partial charge in [0.25, 0.3) is 0 Å². The topological polar surface area (TPSA) is 37.3 Å². The van der Waals surface area contributed by atoms with Gasteiger partial charge in [0.15, 0.2) is 0 Å². The van der Waals surface area contributed by atoms with Crippen molar-refractivity contribution in [3.63, 3.8) is 0 Å². The van der Waals surface area contributed by atoms with Crippen molar-refractivity contribution in [3.05, 3.63) is 0 Å². The molecule has 0 aliphatic carbocycles. The van der Waals surface area contributed by atoms with E-state index in [1.807, 2.05) is 0 Å². The van der Waals surface area contributed by atoms with Crippen LogP contribution in [0.2, 0.25) is 0 Å². The standard InChI is InChI=1S/C4H7BrO2S/c5-3(1-2-8)4(6)7/h3,8H,1-2H2,(H,6,7). The molecule has 0 spiro atoms. The molecule has 4 heteroatoms. The van der Waals surface area contributed by atoms with E-state index in [0.717, 1.165) is 0 Å². The van der Waals surface area contributed by atoms with Gasteiger partial charge in [0.05, 0.1) is 0 Å². The predicted molar refractivity (Wildman–Crippen MR) is 38.8 cm³/mol. The SMILES string of the molecule is O=C(O)C(Br)CCS. The average Bonchev–Trinajstić information content (AvgIpc) is 1.67. The number of halogens is 1. The molecule has 0 bridgehead atoms. The molecule has 1 N–H and O–H groups in total. The molecule has 48 valence electrons. The lowest BCUT2D eigenvalue weighted by atomic mass is 10.3. The fourth-order valence-corrected chi connectivity index (χ4v) is 1.08. The number of alkyl halides is 1. The van der Waals surface area contributed by atoms with E-state index in [2.05, 4.69) is 28.6 Å². The molecule has 0 amide bonds. The number of hydrogen-bond donors (Lipinski definition) is 2. The van der Waals surface area contributed by atoms with E-state index in [1.54, 1.807) is 0 Å². The van der Waals surface area contributed by atoms with E-state index in [1.165, 1.54) is 0 Å². The van der Waals surface area contributed by atoms with Crippen molar-refractivity contribution in [2.24, 2.45) is 0 Å². The fourth-order valence-electron chi connectivity index (χ4n) is 0.237. The van der Waals surface area contributed by atoms with Crippen molar-refractivity contribution in [2.45, 2.75) is 11.2 Å². The minimum Gasteiger partial charge on any atom is -0.480 e. The van der Waals surface area contributed by atoms with Crippen LogP contribution in [-0.2, 0) is 4.79 Å². The largest absolute Gasteiger partial charge is 0.480 e. The summed E-state index contributed by atoms with van der Waals surface area (Å²) < 4.78 is 0. The number of carboxylic acids is 1. The lowest BCUT2D eigenvalue weighted by Crippen LogP contribution is -2.12. The molecule has 0 radical (unpaired) electrons. The van der Waals surface area contributed by atoms with Crippen LogP contribution in [0.1, 0.15) is 6.42 Å². The Hall–Kier alpha value is 0.300. The van der Waals surface area contributed by atoms with Crippen molar-refractivity contribution in [1.29, 1.82) is 0 Å². The Morgan fingerprint density at radius 3 is 2.50 bits per heavy atom. The fraction of sp³-hybridized carbons (Fsp3) is 0.750. The van der Waals surface area contributed by atoms with Crippen molar-refractivity contribution in [2.75, 3.05) is 5.75 Å². The number of hydrogen-bond acceptors (Lipinski definition) is 2. The summed E-state index contributed by atoms with van der Waals surface area (Å²) in [6, 6.07) is 0. The van der Waals surface area contributed by atoms with Crippen molar-refractivity contribution >= 4 is 34.5 Å². The first-order valence-corrected chi connectivity index (χ1v) is 3.71. The highest BCUT2D eigenvalue weighted by molar-refractivity contribution is 9.10. The predicted octanol–water partition coefficient (Wildman–Crippen LogP) is 1.15. The van der Waals surface area contributed by atoms with Crippen LogP contribution in [-0.4, -0.2) is 21.7 Å². The molecule has 0 aromatic rings. The summed E-state index contributed by atoms with van der Waals surface area (Å²) in [4.78, 5) is 9.58. The highest BCUT2D eigenvalue weighted by Crippen LogP contribution is 2.04. The van der Waals surface area contributed by atoms with Gasteiger partial charge in [0.2, 0.25) is 0 Å². The number of aliphatic carboxylic acids is 1. The molecule has 0 saturated heterocycles. The van der Waals surface area contributed by atoms with E-state index in [9.17, 15) is 4.79 Å². The molecular weight excluding hydrogens is 192 g/mol. The van der Waals surface area contributed by atoms with Crippen LogP contribution in [0.5, 0.6) is 0 Å². The molecule has 0 aromatic carbocycles. The zero-order valence-electron chi connectivity index (χ0n) is 4.17. The maximum absolute atomic E-state index is 10.0. The van der Waals surface area contributed by atoms with Crippen LogP contribution in [0.4, 0.5) is 0 Å². The monoisotopic (exact) mass is 198 g/mol. The van der Waals surface area contributed by atoms with Crippen LogP contribution < -0.4 is 0 Å². The molecule has 0 heterocycles. The Balaban J connectivity index is 3.32. The van der Waals surface area contributed by atoms with Crippen LogP contribution in [0, 0.1) is 0 Å². The Labute approximate surface area is 61.8 Å². The van der Waals surface area contributed by atoms with Gasteiger partial charge in [0, 0.05) is 0 Å². The molecule has 0 aliphatic rings. The highest BCUT2D eigenvalue weighted by atomic mass is 79.9. The van der Waals surface area contributed by atoms with Gasteiger partial charge in [-0.05, 0) is 12.2 Å². The number of carbonyl (C=O) groups is 1. The second kappa shape index (κ2) is 4.21. The summed E-state index contributed by atoms with van der Waals surface area (Å²) in [7, 11) is 0. The van der Waals surface area contributed by atoms with Gasteiger partial charge < -0.3 is 5.11 Å². The second-order valence-corrected chi connectivity index (χ2v) is 2.87. The Morgan fingerprint density at radius 2 is 2.38 bits per heavy atom. The average molecular weight is 199 g/mol. The van der Waals surface area contributed by atoms with Gasteiger partial charge in [-0.15, -0.1) is 0 Å². The molecule has 0 saturated carbocycles. The van der Waals surface area contributed by atoms with Crippen molar-refractivity contribution in [1.82, 2.24) is 0 Å². The summed E-state index contributed by atoms with van der Waals surface area (Å²) in [5.74, 6) is -0.221. The molecule has 8 heavy (non-hydrogen) atoms. The van der Waals surface area contributed by atoms with E-state index < -0.39 is 10.8 Å². The second-order valence-electron chi connectivity index (χ2n) is 1.32. The van der Waals surface area contributed by atoms with Gasteiger partial charge >= 0.3 is 5.97 Å². The van der Waals surface area contributed by atoms with Crippen LogP contribution >= 0.6 is 28.6 Å². The minimum atomic E-state index is -0.820. The molecule has 0 rings (SSSR count).